The van der Waals surface area contributed by atoms with Gasteiger partial charge in [0.1, 0.15) is 23.5 Å². The number of pyridine rings is 1. The molecule has 0 spiro atoms. The third-order valence-corrected chi connectivity index (χ3v) is 7.15. The Morgan fingerprint density at radius 1 is 0.854 bits per heavy atom. The first-order valence-corrected chi connectivity index (χ1v) is 13.4. The maximum absolute atomic E-state index is 13.0. The predicted octanol–water partition coefficient (Wildman–Crippen LogP) is 6.33. The van der Waals surface area contributed by atoms with Crippen molar-refractivity contribution < 1.29 is 13.9 Å². The summed E-state index contributed by atoms with van der Waals surface area (Å²) in [4.78, 5) is 30.3. The van der Waals surface area contributed by atoms with E-state index in [4.69, 9.17) is 9.15 Å². The van der Waals surface area contributed by atoms with E-state index in [9.17, 15) is 4.79 Å². The predicted molar refractivity (Wildman–Crippen MR) is 159 cm³/mol. The van der Waals surface area contributed by atoms with Crippen LogP contribution < -0.4 is 15.1 Å². The summed E-state index contributed by atoms with van der Waals surface area (Å²) >= 11 is 0. The largest absolute Gasteiger partial charge is 0.454 e. The Labute approximate surface area is 236 Å². The van der Waals surface area contributed by atoms with Crippen LogP contribution in [0, 0.1) is 0 Å². The Morgan fingerprint density at radius 3 is 2.46 bits per heavy atom. The van der Waals surface area contributed by atoms with Crippen molar-refractivity contribution in [3.63, 3.8) is 0 Å². The second-order valence-corrected chi connectivity index (χ2v) is 9.66. The number of fused-ring (bicyclic) bond motifs is 3. The lowest BCUT2D eigenvalue weighted by Crippen LogP contribution is -2.36. The lowest BCUT2D eigenvalue weighted by molar-refractivity contribution is 0.102. The highest BCUT2D eigenvalue weighted by Crippen LogP contribution is 2.41. The maximum Gasteiger partial charge on any atom is 0.257 e. The van der Waals surface area contributed by atoms with Crippen LogP contribution in [0.2, 0.25) is 0 Å². The molecule has 0 unspecified atom stereocenters. The fourth-order valence-electron chi connectivity index (χ4n) is 5.12. The number of anilines is 5. The van der Waals surface area contributed by atoms with Crippen molar-refractivity contribution in [2.75, 3.05) is 41.4 Å². The number of para-hydroxylation sites is 2. The molecule has 1 N–H and O–H groups in total. The average molecular weight is 543 g/mol. The van der Waals surface area contributed by atoms with Crippen LogP contribution in [0.25, 0.3) is 21.9 Å². The first kappa shape index (κ1) is 24.7. The normalized spacial score (nSPS) is 13.4. The van der Waals surface area contributed by atoms with Gasteiger partial charge in [0.15, 0.2) is 5.58 Å². The molecule has 202 valence electrons. The molecule has 1 fully saturated rings. The van der Waals surface area contributed by atoms with Gasteiger partial charge in [-0.25, -0.2) is 15.0 Å². The molecule has 1 amide bonds. The Balaban J connectivity index is 1.17. The number of carbonyl (C=O) groups excluding carboxylic acids is 1. The second-order valence-electron chi connectivity index (χ2n) is 9.66. The number of amides is 1. The number of carbonyl (C=O) groups is 1. The molecule has 41 heavy (non-hydrogen) atoms. The van der Waals surface area contributed by atoms with E-state index in [1.165, 1.54) is 6.33 Å². The summed E-state index contributed by atoms with van der Waals surface area (Å²) in [6.45, 7) is 2.95. The molecule has 3 aromatic heterocycles. The number of morpholine rings is 1. The molecule has 9 nitrogen and oxygen atoms in total. The van der Waals surface area contributed by atoms with E-state index in [2.05, 4.69) is 37.3 Å². The summed E-state index contributed by atoms with van der Waals surface area (Å²) in [6, 6.07) is 27.2. The van der Waals surface area contributed by atoms with E-state index in [1.807, 2.05) is 71.6 Å². The van der Waals surface area contributed by atoms with Crippen LogP contribution in [-0.4, -0.2) is 47.2 Å². The van der Waals surface area contributed by atoms with Crippen molar-refractivity contribution >= 4 is 56.5 Å². The van der Waals surface area contributed by atoms with E-state index < -0.39 is 0 Å². The minimum atomic E-state index is -0.224. The number of ether oxygens (including phenoxy) is 1. The van der Waals surface area contributed by atoms with Gasteiger partial charge in [-0.3, -0.25) is 9.69 Å². The zero-order valence-electron chi connectivity index (χ0n) is 22.1. The van der Waals surface area contributed by atoms with Crippen LogP contribution in [0.5, 0.6) is 0 Å². The van der Waals surface area contributed by atoms with Gasteiger partial charge in [-0.15, -0.1) is 0 Å². The lowest BCUT2D eigenvalue weighted by Gasteiger charge is -2.27. The average Bonchev–Trinajstić information content (AvgIpc) is 3.43. The summed E-state index contributed by atoms with van der Waals surface area (Å²) < 4.78 is 11.7. The van der Waals surface area contributed by atoms with E-state index in [0.29, 0.717) is 30.3 Å². The van der Waals surface area contributed by atoms with Gasteiger partial charge in [-0.1, -0.05) is 30.3 Å². The van der Waals surface area contributed by atoms with E-state index in [1.54, 1.807) is 18.5 Å². The highest BCUT2D eigenvalue weighted by atomic mass is 16.5. The fourth-order valence-corrected chi connectivity index (χ4v) is 5.12. The first-order valence-electron chi connectivity index (χ1n) is 13.4. The highest BCUT2D eigenvalue weighted by Gasteiger charge is 2.20. The van der Waals surface area contributed by atoms with E-state index in [0.717, 1.165) is 52.2 Å². The topological polar surface area (TPSA) is 96.6 Å². The molecule has 0 radical (unpaired) electrons. The molecule has 6 aromatic rings. The van der Waals surface area contributed by atoms with Gasteiger partial charge in [0, 0.05) is 47.6 Å². The highest BCUT2D eigenvalue weighted by molar-refractivity contribution is 6.10. The third-order valence-electron chi connectivity index (χ3n) is 7.15. The summed E-state index contributed by atoms with van der Waals surface area (Å²) in [5, 5.41) is 5.05. The van der Waals surface area contributed by atoms with Crippen molar-refractivity contribution in [2.24, 2.45) is 0 Å². The summed E-state index contributed by atoms with van der Waals surface area (Å²) in [6.07, 6.45) is 4.84. The maximum atomic E-state index is 13.0. The molecule has 3 aromatic carbocycles. The number of hydrogen-bond acceptors (Lipinski definition) is 8. The van der Waals surface area contributed by atoms with Crippen LogP contribution in [0.1, 0.15) is 10.4 Å². The monoisotopic (exact) mass is 542 g/mol. The van der Waals surface area contributed by atoms with Gasteiger partial charge in [0.05, 0.1) is 24.5 Å². The number of nitrogens with one attached hydrogen (secondary N) is 1. The van der Waals surface area contributed by atoms with E-state index >= 15 is 0 Å². The Kier molecular flexibility index (Phi) is 6.46. The molecule has 0 atom stereocenters. The summed E-state index contributed by atoms with van der Waals surface area (Å²) in [5.74, 6) is 1.31. The Bertz CT molecular complexity index is 1810. The molecule has 0 saturated carbocycles. The minimum absolute atomic E-state index is 0.224. The van der Waals surface area contributed by atoms with Crippen LogP contribution in [-0.2, 0) is 4.74 Å². The SMILES string of the molecule is O=C(Nc1ccc(N(c2ccncn2)c2cccc3c2oc2ccccc23)cc1)c1ccc(N2CCOCC2)nc1. The van der Waals surface area contributed by atoms with Crippen molar-refractivity contribution in [1.82, 2.24) is 15.0 Å². The zero-order chi connectivity index (χ0) is 27.6. The third kappa shape index (κ3) is 4.83. The number of aromatic nitrogens is 3. The van der Waals surface area contributed by atoms with Crippen LogP contribution in [0.4, 0.5) is 28.7 Å². The van der Waals surface area contributed by atoms with Gasteiger partial charge in [-0.05, 0) is 54.6 Å². The molecule has 1 aliphatic rings. The second kappa shape index (κ2) is 10.7. The Morgan fingerprint density at radius 2 is 1.68 bits per heavy atom. The molecule has 0 aliphatic carbocycles. The Hall–Kier alpha value is -5.28. The molecule has 9 heteroatoms. The van der Waals surface area contributed by atoms with Gasteiger partial charge >= 0.3 is 0 Å². The molecule has 4 heterocycles. The van der Waals surface area contributed by atoms with Crippen LogP contribution >= 0.6 is 0 Å². The first-order chi connectivity index (χ1) is 20.2. The van der Waals surface area contributed by atoms with Crippen LogP contribution in [0.3, 0.4) is 0 Å². The standard InChI is InChI=1S/C32H26N6O3/c39-32(22-8-13-29(34-20-22)37-16-18-40-19-17-37)36-23-9-11-24(12-10-23)38(30-14-15-33-21-35-30)27-6-3-5-26-25-4-1-2-7-28(25)41-31(26)27/h1-15,20-21H,16-19H2,(H,36,39). The zero-order valence-corrected chi connectivity index (χ0v) is 22.1. The summed E-state index contributed by atoms with van der Waals surface area (Å²) in [7, 11) is 0. The molecule has 7 rings (SSSR count). The number of rotatable bonds is 6. The van der Waals surface area contributed by atoms with Gasteiger partial charge in [0.25, 0.3) is 5.91 Å². The minimum Gasteiger partial charge on any atom is -0.454 e. The van der Waals surface area contributed by atoms with Crippen molar-refractivity contribution in [3.05, 3.63) is 109 Å². The quantitative estimate of drug-likeness (QED) is 0.261. The van der Waals surface area contributed by atoms with Crippen LogP contribution in [0.15, 0.2) is 108 Å². The van der Waals surface area contributed by atoms with Gasteiger partial charge in [-0.2, -0.15) is 0 Å². The molecule has 0 bridgehead atoms. The lowest BCUT2D eigenvalue weighted by atomic mass is 10.1. The van der Waals surface area contributed by atoms with Gasteiger partial charge < -0.3 is 19.4 Å². The summed E-state index contributed by atoms with van der Waals surface area (Å²) in [5.41, 5.74) is 4.44. The number of furan rings is 1. The van der Waals surface area contributed by atoms with Crippen molar-refractivity contribution in [3.8, 4) is 0 Å². The van der Waals surface area contributed by atoms with Crippen molar-refractivity contribution in [2.45, 2.75) is 0 Å². The molecular weight excluding hydrogens is 516 g/mol. The number of hydrogen-bond donors (Lipinski definition) is 1. The van der Waals surface area contributed by atoms with Crippen molar-refractivity contribution in [1.29, 1.82) is 0 Å². The smallest absolute Gasteiger partial charge is 0.257 e. The fraction of sp³-hybridized carbons (Fsp3) is 0.125. The number of benzene rings is 3. The van der Waals surface area contributed by atoms with E-state index in [-0.39, 0.29) is 5.91 Å². The molecule has 1 aliphatic heterocycles. The number of nitrogens with zero attached hydrogens (tertiary/aromatic N) is 5. The molecular formula is C32H26N6O3. The molecule has 1 saturated heterocycles. The van der Waals surface area contributed by atoms with Gasteiger partial charge in [0.2, 0.25) is 0 Å².